The number of carbonyl (C=O) groups is 3. The smallest absolute Gasteiger partial charge is 0.322 e. The molecular formula is C13H12N6O3. The number of urea groups is 1. The summed E-state index contributed by atoms with van der Waals surface area (Å²) in [4.78, 5) is 38.3. The zero-order valence-corrected chi connectivity index (χ0v) is 11.3. The fraction of sp³-hybridized carbons (Fsp3) is 0.154. The Bertz CT molecular complexity index is 710. The van der Waals surface area contributed by atoms with Gasteiger partial charge in [0.15, 0.2) is 5.82 Å². The van der Waals surface area contributed by atoms with Crippen molar-refractivity contribution in [2.75, 3.05) is 5.32 Å². The molecule has 9 heteroatoms. The lowest BCUT2D eigenvalue weighted by atomic mass is 10.2. The molecule has 1 unspecified atom stereocenters. The Morgan fingerprint density at radius 3 is 2.82 bits per heavy atom. The number of imide groups is 1. The van der Waals surface area contributed by atoms with E-state index in [1.807, 2.05) is 0 Å². The summed E-state index contributed by atoms with van der Waals surface area (Å²) in [6.07, 6.45) is 4.74. The van der Waals surface area contributed by atoms with Crippen molar-refractivity contribution in [2.24, 2.45) is 0 Å². The van der Waals surface area contributed by atoms with E-state index in [-0.39, 0.29) is 6.42 Å². The molecular weight excluding hydrogens is 288 g/mol. The molecule has 3 rings (SSSR count). The van der Waals surface area contributed by atoms with E-state index in [1.54, 1.807) is 35.3 Å². The van der Waals surface area contributed by atoms with Crippen molar-refractivity contribution in [3.63, 3.8) is 0 Å². The molecule has 1 aliphatic heterocycles. The first kappa shape index (κ1) is 13.7. The normalized spacial score (nSPS) is 17.0. The molecule has 1 aliphatic rings. The number of nitrogens with one attached hydrogen (secondary N) is 3. The van der Waals surface area contributed by atoms with Crippen LogP contribution in [0, 0.1) is 0 Å². The molecule has 4 amide bonds. The first-order valence-corrected chi connectivity index (χ1v) is 6.49. The molecule has 1 atom stereocenters. The van der Waals surface area contributed by atoms with E-state index >= 15 is 0 Å². The minimum atomic E-state index is -0.844. The number of amides is 4. The fourth-order valence-corrected chi connectivity index (χ4v) is 2.00. The molecule has 1 fully saturated rings. The van der Waals surface area contributed by atoms with Crippen molar-refractivity contribution in [3.8, 4) is 5.82 Å². The summed E-state index contributed by atoms with van der Waals surface area (Å²) in [6, 6.07) is 3.72. The number of anilines is 1. The Balaban J connectivity index is 1.60. The second-order valence-corrected chi connectivity index (χ2v) is 4.62. The molecule has 2 aromatic heterocycles. The van der Waals surface area contributed by atoms with Gasteiger partial charge in [0, 0.05) is 12.4 Å². The predicted molar refractivity (Wildman–Crippen MR) is 75.1 cm³/mol. The molecule has 22 heavy (non-hydrogen) atoms. The average molecular weight is 300 g/mol. The Morgan fingerprint density at radius 2 is 2.23 bits per heavy atom. The van der Waals surface area contributed by atoms with E-state index in [0.717, 1.165) is 0 Å². The maximum absolute atomic E-state index is 11.8. The van der Waals surface area contributed by atoms with E-state index in [1.165, 1.54) is 6.20 Å². The summed E-state index contributed by atoms with van der Waals surface area (Å²) in [5, 5.41) is 11.1. The number of aromatic nitrogens is 3. The highest BCUT2D eigenvalue weighted by atomic mass is 16.2. The van der Waals surface area contributed by atoms with Gasteiger partial charge < -0.3 is 10.6 Å². The van der Waals surface area contributed by atoms with Crippen LogP contribution >= 0.6 is 0 Å². The maximum Gasteiger partial charge on any atom is 0.322 e. The Morgan fingerprint density at radius 1 is 1.36 bits per heavy atom. The summed E-state index contributed by atoms with van der Waals surface area (Å²) in [6.45, 7) is 0. The van der Waals surface area contributed by atoms with Gasteiger partial charge >= 0.3 is 6.03 Å². The number of hydrogen-bond donors (Lipinski definition) is 3. The van der Waals surface area contributed by atoms with Crippen LogP contribution in [0.25, 0.3) is 5.82 Å². The Hall–Kier alpha value is -3.23. The highest BCUT2D eigenvalue weighted by Gasteiger charge is 2.31. The Kier molecular flexibility index (Phi) is 3.52. The first-order chi connectivity index (χ1) is 10.6. The van der Waals surface area contributed by atoms with Crippen LogP contribution in [0.1, 0.15) is 6.42 Å². The van der Waals surface area contributed by atoms with Gasteiger partial charge in [-0.1, -0.05) is 0 Å². The fourth-order valence-electron chi connectivity index (χ4n) is 2.00. The molecule has 3 heterocycles. The molecule has 9 nitrogen and oxygen atoms in total. The van der Waals surface area contributed by atoms with E-state index in [0.29, 0.717) is 11.5 Å². The maximum atomic E-state index is 11.8. The van der Waals surface area contributed by atoms with E-state index < -0.39 is 23.9 Å². The van der Waals surface area contributed by atoms with Crippen molar-refractivity contribution in [2.45, 2.75) is 12.5 Å². The molecule has 0 aromatic carbocycles. The Labute approximate surface area is 124 Å². The van der Waals surface area contributed by atoms with E-state index in [2.05, 4.69) is 26.0 Å². The lowest BCUT2D eigenvalue weighted by Crippen LogP contribution is -2.33. The van der Waals surface area contributed by atoms with Gasteiger partial charge in [0.2, 0.25) is 5.91 Å². The molecule has 0 aliphatic carbocycles. The van der Waals surface area contributed by atoms with Crippen LogP contribution in [0.15, 0.2) is 36.8 Å². The van der Waals surface area contributed by atoms with Crippen molar-refractivity contribution in [1.82, 2.24) is 25.4 Å². The summed E-state index contributed by atoms with van der Waals surface area (Å²) < 4.78 is 1.59. The topological polar surface area (TPSA) is 118 Å². The molecule has 1 saturated heterocycles. The summed E-state index contributed by atoms with van der Waals surface area (Å²) >= 11 is 0. The van der Waals surface area contributed by atoms with Crippen LogP contribution in [-0.2, 0) is 9.59 Å². The van der Waals surface area contributed by atoms with Crippen LogP contribution in [0.2, 0.25) is 0 Å². The van der Waals surface area contributed by atoms with Gasteiger partial charge in [0.1, 0.15) is 6.04 Å². The van der Waals surface area contributed by atoms with Crippen molar-refractivity contribution in [1.29, 1.82) is 0 Å². The first-order valence-electron chi connectivity index (χ1n) is 6.49. The van der Waals surface area contributed by atoms with Crippen molar-refractivity contribution in [3.05, 3.63) is 36.8 Å². The highest BCUT2D eigenvalue weighted by Crippen LogP contribution is 2.10. The molecule has 0 bridgehead atoms. The summed E-state index contributed by atoms with van der Waals surface area (Å²) in [5.41, 5.74) is 0.491. The number of rotatable bonds is 4. The SMILES string of the molecule is O=C(CC1NC(=O)NC1=O)Nc1ccc(-n2cccn2)nc1. The van der Waals surface area contributed by atoms with Crippen LogP contribution < -0.4 is 16.0 Å². The van der Waals surface area contributed by atoms with Gasteiger partial charge in [0.25, 0.3) is 5.91 Å². The van der Waals surface area contributed by atoms with Gasteiger partial charge in [-0.2, -0.15) is 5.10 Å². The molecule has 3 N–H and O–H groups in total. The third kappa shape index (κ3) is 2.92. The third-order valence-corrected chi connectivity index (χ3v) is 3.02. The van der Waals surface area contributed by atoms with Gasteiger partial charge in [-0.05, 0) is 18.2 Å². The number of nitrogens with zero attached hydrogens (tertiary/aromatic N) is 3. The van der Waals surface area contributed by atoms with Crippen LogP contribution in [0.3, 0.4) is 0 Å². The van der Waals surface area contributed by atoms with Crippen LogP contribution in [-0.4, -0.2) is 38.7 Å². The third-order valence-electron chi connectivity index (χ3n) is 3.02. The minimum absolute atomic E-state index is 0.140. The quantitative estimate of drug-likeness (QED) is 0.676. The molecule has 0 spiro atoms. The molecule has 112 valence electrons. The molecule has 0 radical (unpaired) electrons. The van der Waals surface area contributed by atoms with Gasteiger partial charge in [-0.25, -0.2) is 14.5 Å². The summed E-state index contributed by atoms with van der Waals surface area (Å²) in [5.74, 6) is -0.284. The van der Waals surface area contributed by atoms with Crippen molar-refractivity contribution < 1.29 is 14.4 Å². The van der Waals surface area contributed by atoms with Crippen molar-refractivity contribution >= 4 is 23.5 Å². The molecule has 2 aromatic rings. The zero-order chi connectivity index (χ0) is 15.5. The van der Waals surface area contributed by atoms with E-state index in [9.17, 15) is 14.4 Å². The number of carbonyl (C=O) groups excluding carboxylic acids is 3. The number of hydrogen-bond acceptors (Lipinski definition) is 5. The monoisotopic (exact) mass is 300 g/mol. The standard InChI is InChI=1S/C13H12N6O3/c20-11(6-9-12(21)18-13(22)17-9)16-8-2-3-10(14-7-8)19-5-1-4-15-19/h1-5,7,9H,6H2,(H,16,20)(H2,17,18,21,22). The average Bonchev–Trinajstić information content (AvgIpc) is 3.10. The second-order valence-electron chi connectivity index (χ2n) is 4.62. The van der Waals surface area contributed by atoms with Crippen LogP contribution in [0.4, 0.5) is 10.5 Å². The lowest BCUT2D eigenvalue weighted by Gasteiger charge is -2.08. The predicted octanol–water partition coefficient (Wildman–Crippen LogP) is -0.196. The van der Waals surface area contributed by atoms with Gasteiger partial charge in [-0.3, -0.25) is 14.9 Å². The number of pyridine rings is 1. The highest BCUT2D eigenvalue weighted by molar-refractivity contribution is 6.06. The van der Waals surface area contributed by atoms with Crippen LogP contribution in [0.5, 0.6) is 0 Å². The van der Waals surface area contributed by atoms with Gasteiger partial charge in [-0.15, -0.1) is 0 Å². The minimum Gasteiger partial charge on any atom is -0.325 e. The second kappa shape index (κ2) is 5.64. The zero-order valence-electron chi connectivity index (χ0n) is 11.3. The molecule has 0 saturated carbocycles. The summed E-state index contributed by atoms with van der Waals surface area (Å²) in [7, 11) is 0. The lowest BCUT2D eigenvalue weighted by molar-refractivity contribution is -0.124. The van der Waals surface area contributed by atoms with E-state index in [4.69, 9.17) is 0 Å². The largest absolute Gasteiger partial charge is 0.325 e. The van der Waals surface area contributed by atoms with Gasteiger partial charge in [0.05, 0.1) is 18.3 Å².